The molecular weight excluding hydrogens is 262 g/mol. The molecule has 112 valence electrons. The van der Waals surface area contributed by atoms with Crippen LogP contribution in [-0.4, -0.2) is 26.2 Å². The van der Waals surface area contributed by atoms with E-state index in [9.17, 15) is 0 Å². The smallest absolute Gasteiger partial charge is 0.143 e. The Hall–Kier alpha value is -1.75. The van der Waals surface area contributed by atoms with Crippen molar-refractivity contribution in [2.45, 2.75) is 51.6 Å². The van der Waals surface area contributed by atoms with Crippen molar-refractivity contribution in [3.05, 3.63) is 36.2 Å². The van der Waals surface area contributed by atoms with Gasteiger partial charge in [0, 0.05) is 12.1 Å². The van der Waals surface area contributed by atoms with Crippen LogP contribution in [0.5, 0.6) is 0 Å². The molecule has 2 atom stereocenters. The van der Waals surface area contributed by atoms with Gasteiger partial charge in [-0.05, 0) is 60.7 Å². The summed E-state index contributed by atoms with van der Waals surface area (Å²) in [5.41, 5.74) is 2.27. The van der Waals surface area contributed by atoms with Gasteiger partial charge >= 0.3 is 0 Å². The lowest BCUT2D eigenvalue weighted by atomic mass is 9.97. The minimum Gasteiger partial charge on any atom is -0.307 e. The number of rotatable bonds is 5. The number of hydrogen-bond acceptors (Lipinski definition) is 4. The van der Waals surface area contributed by atoms with E-state index in [0.717, 1.165) is 11.6 Å². The monoisotopic (exact) mass is 285 g/mol. The third-order valence-electron chi connectivity index (χ3n) is 4.60. The molecule has 0 radical (unpaired) electrons. The van der Waals surface area contributed by atoms with Crippen molar-refractivity contribution in [3.63, 3.8) is 0 Å². The molecule has 1 N–H and O–H groups in total. The Balaban J connectivity index is 1.69. The molecule has 2 aromatic rings. The van der Waals surface area contributed by atoms with Gasteiger partial charge in [0.1, 0.15) is 6.33 Å². The van der Waals surface area contributed by atoms with Crippen molar-refractivity contribution in [2.75, 3.05) is 0 Å². The van der Waals surface area contributed by atoms with Crippen LogP contribution in [0.2, 0.25) is 0 Å². The van der Waals surface area contributed by atoms with Crippen LogP contribution in [0.1, 0.15) is 51.1 Å². The van der Waals surface area contributed by atoms with Crippen LogP contribution in [0.3, 0.4) is 0 Å². The van der Waals surface area contributed by atoms with Gasteiger partial charge < -0.3 is 5.32 Å². The number of nitrogens with one attached hydrogen (secondary N) is 1. The second-order valence-corrected chi connectivity index (χ2v) is 6.07. The fourth-order valence-electron chi connectivity index (χ4n) is 3.30. The Morgan fingerprint density at radius 3 is 2.76 bits per heavy atom. The summed E-state index contributed by atoms with van der Waals surface area (Å²) in [5, 5.41) is 15.1. The van der Waals surface area contributed by atoms with Crippen LogP contribution in [0.15, 0.2) is 30.6 Å². The van der Waals surface area contributed by atoms with Crippen LogP contribution in [0, 0.1) is 5.92 Å². The van der Waals surface area contributed by atoms with Crippen molar-refractivity contribution in [1.29, 1.82) is 0 Å². The van der Waals surface area contributed by atoms with Gasteiger partial charge in [0.05, 0.1) is 5.69 Å². The molecule has 1 saturated carbocycles. The molecule has 1 aromatic heterocycles. The summed E-state index contributed by atoms with van der Waals surface area (Å²) in [7, 11) is 0. The van der Waals surface area contributed by atoms with Gasteiger partial charge in [-0.2, -0.15) is 0 Å². The lowest BCUT2D eigenvalue weighted by molar-refractivity contribution is 0.352. The molecule has 0 aliphatic heterocycles. The highest BCUT2D eigenvalue weighted by Gasteiger charge is 2.22. The van der Waals surface area contributed by atoms with Gasteiger partial charge in [0.2, 0.25) is 0 Å². The molecule has 0 saturated heterocycles. The summed E-state index contributed by atoms with van der Waals surface area (Å²) < 4.78 is 1.69. The molecule has 1 fully saturated rings. The molecule has 0 amide bonds. The first-order chi connectivity index (χ1) is 10.2. The highest BCUT2D eigenvalue weighted by molar-refractivity contribution is 5.35. The minimum atomic E-state index is 0.331. The number of benzene rings is 1. The molecular formula is C16H23N5. The van der Waals surface area contributed by atoms with Crippen LogP contribution in [0.25, 0.3) is 5.69 Å². The Kier molecular flexibility index (Phi) is 4.29. The molecule has 21 heavy (non-hydrogen) atoms. The average molecular weight is 285 g/mol. The van der Waals surface area contributed by atoms with E-state index >= 15 is 0 Å². The zero-order chi connectivity index (χ0) is 14.7. The zero-order valence-electron chi connectivity index (χ0n) is 12.7. The fraction of sp³-hybridized carbons (Fsp3) is 0.562. The summed E-state index contributed by atoms with van der Waals surface area (Å²) >= 11 is 0. The normalized spacial score (nSPS) is 18.8. The number of tetrazole rings is 1. The second kappa shape index (κ2) is 6.35. The third-order valence-corrected chi connectivity index (χ3v) is 4.60. The van der Waals surface area contributed by atoms with Gasteiger partial charge in [-0.3, -0.25) is 0 Å². The predicted molar refractivity (Wildman–Crippen MR) is 82.1 cm³/mol. The molecule has 5 nitrogen and oxygen atoms in total. The molecule has 1 unspecified atom stereocenters. The van der Waals surface area contributed by atoms with Crippen LogP contribution >= 0.6 is 0 Å². The summed E-state index contributed by atoms with van der Waals surface area (Å²) in [6, 6.07) is 9.29. The van der Waals surface area contributed by atoms with Gasteiger partial charge in [-0.15, -0.1) is 5.10 Å². The van der Waals surface area contributed by atoms with Gasteiger partial charge in [-0.25, -0.2) is 4.68 Å². The van der Waals surface area contributed by atoms with E-state index in [1.54, 1.807) is 11.0 Å². The second-order valence-electron chi connectivity index (χ2n) is 6.07. The maximum atomic E-state index is 3.95. The molecule has 1 aliphatic carbocycles. The summed E-state index contributed by atoms with van der Waals surface area (Å²) in [6.45, 7) is 4.54. The van der Waals surface area contributed by atoms with E-state index in [2.05, 4.69) is 52.9 Å². The largest absolute Gasteiger partial charge is 0.307 e. The number of nitrogens with zero attached hydrogens (tertiary/aromatic N) is 4. The van der Waals surface area contributed by atoms with Crippen LogP contribution in [0.4, 0.5) is 0 Å². The Morgan fingerprint density at radius 1 is 1.24 bits per heavy atom. The topological polar surface area (TPSA) is 55.6 Å². The van der Waals surface area contributed by atoms with Crippen molar-refractivity contribution < 1.29 is 0 Å². The van der Waals surface area contributed by atoms with Gasteiger partial charge in [0.25, 0.3) is 0 Å². The molecule has 5 heteroatoms. The Bertz CT molecular complexity index is 560. The first-order valence-electron chi connectivity index (χ1n) is 7.83. The molecule has 1 aliphatic rings. The van der Waals surface area contributed by atoms with Crippen molar-refractivity contribution in [2.24, 2.45) is 5.92 Å². The lowest BCUT2D eigenvalue weighted by Gasteiger charge is -2.25. The first-order valence-corrected chi connectivity index (χ1v) is 7.83. The Morgan fingerprint density at radius 2 is 2.05 bits per heavy atom. The summed E-state index contributed by atoms with van der Waals surface area (Å²) in [4.78, 5) is 0. The van der Waals surface area contributed by atoms with Gasteiger partial charge in [-0.1, -0.05) is 25.0 Å². The average Bonchev–Trinajstić information content (AvgIpc) is 3.20. The van der Waals surface area contributed by atoms with E-state index in [1.807, 2.05) is 6.07 Å². The zero-order valence-corrected chi connectivity index (χ0v) is 12.7. The lowest BCUT2D eigenvalue weighted by Crippen LogP contribution is -2.34. The maximum absolute atomic E-state index is 3.95. The van der Waals surface area contributed by atoms with E-state index in [0.29, 0.717) is 12.1 Å². The van der Waals surface area contributed by atoms with E-state index in [1.165, 1.54) is 31.2 Å². The molecule has 1 heterocycles. The minimum absolute atomic E-state index is 0.331. The molecule has 0 spiro atoms. The van der Waals surface area contributed by atoms with E-state index < -0.39 is 0 Å². The predicted octanol–water partition coefficient (Wildman–Crippen LogP) is 2.89. The molecule has 0 bridgehead atoms. The molecule has 1 aromatic carbocycles. The highest BCUT2D eigenvalue weighted by atomic mass is 15.5. The Labute approximate surface area is 125 Å². The van der Waals surface area contributed by atoms with Crippen LogP contribution in [-0.2, 0) is 0 Å². The van der Waals surface area contributed by atoms with E-state index in [4.69, 9.17) is 0 Å². The van der Waals surface area contributed by atoms with Crippen molar-refractivity contribution >= 4 is 0 Å². The van der Waals surface area contributed by atoms with Crippen molar-refractivity contribution in [1.82, 2.24) is 25.5 Å². The molecule has 3 rings (SSSR count). The van der Waals surface area contributed by atoms with Gasteiger partial charge in [0.15, 0.2) is 0 Å². The van der Waals surface area contributed by atoms with Crippen LogP contribution < -0.4 is 5.32 Å². The summed E-state index contributed by atoms with van der Waals surface area (Å²) in [5.74, 6) is 0.829. The fourth-order valence-corrected chi connectivity index (χ4v) is 3.30. The van der Waals surface area contributed by atoms with E-state index in [-0.39, 0.29) is 0 Å². The quantitative estimate of drug-likeness (QED) is 0.917. The standard InChI is InChI=1S/C16H23N5/c1-12(14-6-3-4-7-14)18-13(2)15-8-5-9-16(10-15)21-11-17-19-20-21/h5,8-14,18H,3-4,6-7H2,1-2H3/t12-,13?/m1/s1. The first kappa shape index (κ1) is 14.2. The van der Waals surface area contributed by atoms with Crippen molar-refractivity contribution in [3.8, 4) is 5.69 Å². The third kappa shape index (κ3) is 3.29. The number of hydrogen-bond donors (Lipinski definition) is 1. The number of aromatic nitrogens is 4. The summed E-state index contributed by atoms with van der Waals surface area (Å²) in [6.07, 6.45) is 7.13. The SMILES string of the molecule is CC(N[C@H](C)C1CCCC1)c1cccc(-n2cnnn2)c1. The highest BCUT2D eigenvalue weighted by Crippen LogP contribution is 2.29. The maximum Gasteiger partial charge on any atom is 0.143 e.